The maximum absolute atomic E-state index is 13.8. The van der Waals surface area contributed by atoms with Crippen LogP contribution < -0.4 is 5.32 Å². The lowest BCUT2D eigenvalue weighted by molar-refractivity contribution is 0.0526. The molecule has 6 heteroatoms. The zero-order valence-electron chi connectivity index (χ0n) is 21.6. The van der Waals surface area contributed by atoms with Gasteiger partial charge in [-0.05, 0) is 69.7 Å². The number of aromatic nitrogens is 1. The molecule has 5 nitrogen and oxygen atoms in total. The Morgan fingerprint density at radius 3 is 2.57 bits per heavy atom. The lowest BCUT2D eigenvalue weighted by atomic mass is 9.96. The molecule has 0 unspecified atom stereocenters. The van der Waals surface area contributed by atoms with E-state index in [9.17, 15) is 9.59 Å². The van der Waals surface area contributed by atoms with Crippen molar-refractivity contribution in [3.05, 3.63) is 81.2 Å². The molecule has 1 N–H and O–H groups in total. The highest BCUT2D eigenvalue weighted by molar-refractivity contribution is 7.17. The highest BCUT2D eigenvalue weighted by Gasteiger charge is 2.27. The van der Waals surface area contributed by atoms with E-state index in [0.717, 1.165) is 65.4 Å². The number of pyridine rings is 1. The number of carbonyl (C=O) groups is 2. The van der Waals surface area contributed by atoms with Crippen molar-refractivity contribution in [2.75, 3.05) is 11.9 Å². The molecule has 1 aliphatic carbocycles. The van der Waals surface area contributed by atoms with Crippen LogP contribution in [-0.2, 0) is 17.6 Å². The Labute approximate surface area is 221 Å². The van der Waals surface area contributed by atoms with E-state index in [1.807, 2.05) is 37.3 Å². The topological polar surface area (TPSA) is 68.3 Å². The van der Waals surface area contributed by atoms with Crippen LogP contribution in [0.2, 0.25) is 0 Å². The Kier molecular flexibility index (Phi) is 7.38. The molecule has 0 atom stereocenters. The van der Waals surface area contributed by atoms with E-state index in [1.54, 1.807) is 0 Å². The zero-order valence-corrected chi connectivity index (χ0v) is 22.5. The van der Waals surface area contributed by atoms with Gasteiger partial charge >= 0.3 is 5.97 Å². The fourth-order valence-corrected chi connectivity index (χ4v) is 6.47. The molecule has 0 bridgehead atoms. The molecule has 0 saturated carbocycles. The van der Waals surface area contributed by atoms with Gasteiger partial charge in [0.15, 0.2) is 0 Å². The second-order valence-electron chi connectivity index (χ2n) is 9.69. The van der Waals surface area contributed by atoms with E-state index in [0.29, 0.717) is 22.7 Å². The van der Waals surface area contributed by atoms with Gasteiger partial charge in [0, 0.05) is 15.8 Å². The van der Waals surface area contributed by atoms with Crippen LogP contribution in [0.4, 0.5) is 5.00 Å². The predicted octanol–water partition coefficient (Wildman–Crippen LogP) is 7.67. The minimum atomic E-state index is -0.355. The molecule has 0 fully saturated rings. The van der Waals surface area contributed by atoms with Gasteiger partial charge in [0.25, 0.3) is 5.91 Å². The van der Waals surface area contributed by atoms with Crippen LogP contribution in [0.1, 0.15) is 74.9 Å². The largest absolute Gasteiger partial charge is 0.462 e. The number of hydrogen-bond acceptors (Lipinski definition) is 5. The van der Waals surface area contributed by atoms with Crippen molar-refractivity contribution in [2.45, 2.75) is 59.3 Å². The Balaban J connectivity index is 1.59. The summed E-state index contributed by atoms with van der Waals surface area (Å²) in [6, 6.07) is 15.8. The number of nitrogens with zero attached hydrogens (tertiary/aromatic N) is 1. The van der Waals surface area contributed by atoms with Gasteiger partial charge in [-0.3, -0.25) is 4.79 Å². The SMILES string of the molecule is CCOC(=O)c1c(NC(=O)c2cc(-c3ccc(C)cc3C)nc3ccccc23)sc2c1CCCCCC2. The Bertz CT molecular complexity index is 1490. The van der Waals surface area contributed by atoms with Crippen molar-refractivity contribution < 1.29 is 14.3 Å². The summed E-state index contributed by atoms with van der Waals surface area (Å²) in [7, 11) is 0. The lowest BCUT2D eigenvalue weighted by Gasteiger charge is -2.13. The predicted molar refractivity (Wildman–Crippen MR) is 151 cm³/mol. The molecule has 2 aromatic carbocycles. The fourth-order valence-electron chi connectivity index (χ4n) is 5.20. The number of amides is 1. The molecule has 0 aliphatic heterocycles. The first kappa shape index (κ1) is 25.2. The molecule has 0 radical (unpaired) electrons. The molecule has 37 heavy (non-hydrogen) atoms. The number of hydrogen-bond donors (Lipinski definition) is 1. The van der Waals surface area contributed by atoms with Crippen LogP contribution in [0.15, 0.2) is 48.5 Å². The third-order valence-electron chi connectivity index (χ3n) is 7.00. The van der Waals surface area contributed by atoms with Gasteiger partial charge in [-0.1, -0.05) is 54.8 Å². The van der Waals surface area contributed by atoms with Gasteiger partial charge in [-0.2, -0.15) is 0 Å². The molecule has 1 aliphatic rings. The summed E-state index contributed by atoms with van der Waals surface area (Å²) in [5, 5.41) is 4.48. The second kappa shape index (κ2) is 10.9. The number of para-hydroxylation sites is 1. The number of ether oxygens (including phenoxy) is 1. The summed E-state index contributed by atoms with van der Waals surface area (Å²) in [6.07, 6.45) is 6.25. The van der Waals surface area contributed by atoms with Crippen molar-refractivity contribution in [1.82, 2.24) is 4.98 Å². The fraction of sp³-hybridized carbons (Fsp3) is 0.323. The normalized spacial score (nSPS) is 13.5. The number of carbonyl (C=O) groups excluding carboxylic acids is 2. The lowest BCUT2D eigenvalue weighted by Crippen LogP contribution is -2.16. The second-order valence-corrected chi connectivity index (χ2v) is 10.8. The number of fused-ring (bicyclic) bond motifs is 2. The van der Waals surface area contributed by atoms with Gasteiger partial charge in [0.2, 0.25) is 0 Å². The molecule has 1 amide bonds. The first-order valence-electron chi connectivity index (χ1n) is 13.1. The number of nitrogens with one attached hydrogen (secondary N) is 1. The summed E-state index contributed by atoms with van der Waals surface area (Å²) in [5.41, 5.74) is 6.92. The monoisotopic (exact) mass is 512 g/mol. The van der Waals surface area contributed by atoms with Crippen molar-refractivity contribution in [3.63, 3.8) is 0 Å². The van der Waals surface area contributed by atoms with Gasteiger partial charge in [0.05, 0.1) is 28.9 Å². The van der Waals surface area contributed by atoms with Crippen LogP contribution in [-0.4, -0.2) is 23.5 Å². The number of anilines is 1. The zero-order chi connectivity index (χ0) is 25.9. The molecule has 190 valence electrons. The van der Waals surface area contributed by atoms with Crippen LogP contribution in [0.5, 0.6) is 0 Å². The van der Waals surface area contributed by atoms with Crippen LogP contribution in [0.25, 0.3) is 22.2 Å². The number of benzene rings is 2. The highest BCUT2D eigenvalue weighted by atomic mass is 32.1. The third kappa shape index (κ3) is 5.16. The standard InChI is InChI=1S/C31H32N2O3S/c1-4-36-31(35)28-23-12-7-5-6-8-14-27(23)37-30(28)33-29(34)24-18-26(21-16-15-19(2)17-20(21)3)32-25-13-10-9-11-22(24)25/h9-11,13,15-18H,4-8,12,14H2,1-3H3,(H,33,34). The number of thiophene rings is 1. The van der Waals surface area contributed by atoms with Crippen LogP contribution >= 0.6 is 11.3 Å². The van der Waals surface area contributed by atoms with E-state index in [1.165, 1.54) is 28.2 Å². The highest BCUT2D eigenvalue weighted by Crippen LogP contribution is 2.38. The maximum Gasteiger partial charge on any atom is 0.341 e. The van der Waals surface area contributed by atoms with E-state index < -0.39 is 0 Å². The van der Waals surface area contributed by atoms with Gasteiger partial charge in [0.1, 0.15) is 5.00 Å². The molecule has 0 saturated heterocycles. The van der Waals surface area contributed by atoms with Crippen LogP contribution in [0, 0.1) is 13.8 Å². The molecular weight excluding hydrogens is 480 g/mol. The first-order chi connectivity index (χ1) is 18.0. The van der Waals surface area contributed by atoms with Crippen molar-refractivity contribution >= 4 is 39.1 Å². The van der Waals surface area contributed by atoms with E-state index in [4.69, 9.17) is 9.72 Å². The summed E-state index contributed by atoms with van der Waals surface area (Å²) >= 11 is 1.52. The number of esters is 1. The summed E-state index contributed by atoms with van der Waals surface area (Å²) in [4.78, 5) is 33.0. The van der Waals surface area contributed by atoms with E-state index >= 15 is 0 Å². The Morgan fingerprint density at radius 2 is 1.78 bits per heavy atom. The molecule has 5 rings (SSSR count). The van der Waals surface area contributed by atoms with Crippen molar-refractivity contribution in [2.24, 2.45) is 0 Å². The summed E-state index contributed by atoms with van der Waals surface area (Å²) < 4.78 is 5.43. The average molecular weight is 513 g/mol. The summed E-state index contributed by atoms with van der Waals surface area (Å²) in [6.45, 7) is 6.23. The Morgan fingerprint density at radius 1 is 1.00 bits per heavy atom. The third-order valence-corrected chi connectivity index (χ3v) is 8.20. The number of rotatable bonds is 5. The quantitative estimate of drug-likeness (QED) is 0.279. The van der Waals surface area contributed by atoms with Crippen molar-refractivity contribution in [3.8, 4) is 11.3 Å². The maximum atomic E-state index is 13.8. The molecular formula is C31H32N2O3S. The van der Waals surface area contributed by atoms with E-state index in [2.05, 4.69) is 37.4 Å². The summed E-state index contributed by atoms with van der Waals surface area (Å²) in [5.74, 6) is -0.601. The minimum Gasteiger partial charge on any atom is -0.462 e. The van der Waals surface area contributed by atoms with Crippen LogP contribution in [0.3, 0.4) is 0 Å². The molecule has 2 aromatic heterocycles. The minimum absolute atomic E-state index is 0.246. The average Bonchev–Trinajstić information content (AvgIpc) is 3.19. The Hall–Kier alpha value is -3.51. The molecule has 2 heterocycles. The van der Waals surface area contributed by atoms with Gasteiger partial charge < -0.3 is 10.1 Å². The number of aryl methyl sites for hydroxylation is 3. The van der Waals surface area contributed by atoms with E-state index in [-0.39, 0.29) is 11.9 Å². The van der Waals surface area contributed by atoms with Gasteiger partial charge in [-0.25, -0.2) is 9.78 Å². The smallest absolute Gasteiger partial charge is 0.341 e. The van der Waals surface area contributed by atoms with Crippen molar-refractivity contribution in [1.29, 1.82) is 0 Å². The first-order valence-corrected chi connectivity index (χ1v) is 13.9. The molecule has 4 aromatic rings. The molecule has 0 spiro atoms. The van der Waals surface area contributed by atoms with Gasteiger partial charge in [-0.15, -0.1) is 11.3 Å².